The molecule has 0 aliphatic carbocycles. The molecule has 1 unspecified atom stereocenters. The molecule has 0 saturated carbocycles. The van der Waals surface area contributed by atoms with Gasteiger partial charge in [0.05, 0.1) is 27.6 Å². The summed E-state index contributed by atoms with van der Waals surface area (Å²) in [4.78, 5) is 12.5. The third-order valence-corrected chi connectivity index (χ3v) is 6.06. The summed E-state index contributed by atoms with van der Waals surface area (Å²) in [7, 11) is 0.374. The second kappa shape index (κ2) is 7.21. The summed E-state index contributed by atoms with van der Waals surface area (Å²) in [5.74, 6) is -0.160. The first-order valence-electron chi connectivity index (χ1n) is 7.03. The number of carbonyl (C=O) groups is 1. The van der Waals surface area contributed by atoms with Crippen molar-refractivity contribution in [1.29, 1.82) is 0 Å². The highest BCUT2D eigenvalue weighted by atomic mass is 35.5. The van der Waals surface area contributed by atoms with E-state index in [4.69, 9.17) is 23.2 Å². The zero-order valence-corrected chi connectivity index (χ0v) is 15.2. The Morgan fingerprint density at radius 2 is 1.96 bits per heavy atom. The fraction of sp³-hybridized carbons (Fsp3) is 0.400. The lowest BCUT2D eigenvalue weighted by molar-refractivity contribution is -0.143. The maximum atomic E-state index is 12.5. The zero-order valence-electron chi connectivity index (χ0n) is 12.9. The number of amides is 1. The van der Waals surface area contributed by atoms with Gasteiger partial charge in [0.2, 0.25) is 0 Å². The van der Waals surface area contributed by atoms with Crippen molar-refractivity contribution in [1.82, 2.24) is 10.0 Å². The van der Waals surface area contributed by atoms with Crippen LogP contribution in [0.4, 0.5) is 0 Å². The smallest absolute Gasteiger partial charge is 0.261 e. The number of carbonyl (C=O) groups excluding carboxylic acids is 1. The summed E-state index contributed by atoms with van der Waals surface area (Å²) < 4.78 is 23.3. The van der Waals surface area contributed by atoms with Crippen LogP contribution < -0.4 is 0 Å². The molecule has 126 valence electrons. The van der Waals surface area contributed by atoms with E-state index in [1.165, 1.54) is 11.1 Å². The van der Waals surface area contributed by atoms with Crippen molar-refractivity contribution in [3.63, 3.8) is 0 Å². The Kier molecular flexibility index (Phi) is 5.73. The van der Waals surface area contributed by atoms with Crippen molar-refractivity contribution >= 4 is 45.0 Å². The van der Waals surface area contributed by atoms with Gasteiger partial charge in [-0.1, -0.05) is 29.3 Å². The summed E-state index contributed by atoms with van der Waals surface area (Å²) in [5, 5.41) is 3.94. The predicted octanol–water partition coefficient (Wildman–Crippen LogP) is 2.50. The molecule has 1 heterocycles. The SMILES string of the molecule is CN(C)N(C(=O)C=Cc1ccc(Cl)c(Cl)c1)C1CCS(=O)(=O)C1. The van der Waals surface area contributed by atoms with Crippen LogP contribution in [-0.4, -0.2) is 56.0 Å². The zero-order chi connectivity index (χ0) is 17.2. The second-order valence-corrected chi connectivity index (χ2v) is 8.64. The van der Waals surface area contributed by atoms with Gasteiger partial charge in [0, 0.05) is 20.2 Å². The van der Waals surface area contributed by atoms with Gasteiger partial charge in [0.15, 0.2) is 9.84 Å². The Balaban J connectivity index is 2.15. The molecule has 0 aromatic heterocycles. The Bertz CT molecular complexity index is 732. The molecule has 0 spiro atoms. The number of hydrogen-bond acceptors (Lipinski definition) is 4. The molecule has 0 radical (unpaired) electrons. The van der Waals surface area contributed by atoms with E-state index in [2.05, 4.69) is 0 Å². The van der Waals surface area contributed by atoms with Gasteiger partial charge in [-0.15, -0.1) is 0 Å². The largest absolute Gasteiger partial charge is 0.268 e. The number of sulfone groups is 1. The minimum absolute atomic E-state index is 0.00245. The van der Waals surface area contributed by atoms with E-state index in [-0.39, 0.29) is 23.5 Å². The summed E-state index contributed by atoms with van der Waals surface area (Å²) in [6.45, 7) is 0. The summed E-state index contributed by atoms with van der Waals surface area (Å²) in [5.41, 5.74) is 0.741. The van der Waals surface area contributed by atoms with Crippen molar-refractivity contribution in [2.45, 2.75) is 12.5 Å². The molecule has 1 aromatic rings. The van der Waals surface area contributed by atoms with Crippen molar-refractivity contribution < 1.29 is 13.2 Å². The van der Waals surface area contributed by atoms with Crippen LogP contribution >= 0.6 is 23.2 Å². The first-order chi connectivity index (χ1) is 10.7. The molecular formula is C15H18Cl2N2O3S. The van der Waals surface area contributed by atoms with Crippen LogP contribution in [0.25, 0.3) is 6.08 Å². The number of nitrogens with zero attached hydrogens (tertiary/aromatic N) is 2. The molecule has 1 aliphatic rings. The topological polar surface area (TPSA) is 57.7 Å². The normalized spacial score (nSPS) is 20.3. The van der Waals surface area contributed by atoms with Crippen LogP contribution in [-0.2, 0) is 14.6 Å². The van der Waals surface area contributed by atoms with Gasteiger partial charge in [-0.05, 0) is 30.2 Å². The Hall–Kier alpha value is -1.08. The Morgan fingerprint density at radius 3 is 2.48 bits per heavy atom. The van der Waals surface area contributed by atoms with Crippen LogP contribution in [0.2, 0.25) is 10.0 Å². The highest BCUT2D eigenvalue weighted by Crippen LogP contribution is 2.23. The van der Waals surface area contributed by atoms with Crippen LogP contribution in [0.1, 0.15) is 12.0 Å². The van der Waals surface area contributed by atoms with Crippen molar-refractivity contribution in [3.8, 4) is 0 Å². The fourth-order valence-electron chi connectivity index (χ4n) is 2.53. The maximum Gasteiger partial charge on any atom is 0.261 e. The first-order valence-corrected chi connectivity index (χ1v) is 9.61. The highest BCUT2D eigenvalue weighted by Gasteiger charge is 2.35. The van der Waals surface area contributed by atoms with Crippen LogP contribution in [0.3, 0.4) is 0 Å². The van der Waals surface area contributed by atoms with Gasteiger partial charge in [0.25, 0.3) is 5.91 Å². The van der Waals surface area contributed by atoms with E-state index in [0.717, 1.165) is 5.56 Å². The van der Waals surface area contributed by atoms with Gasteiger partial charge in [-0.3, -0.25) is 9.80 Å². The van der Waals surface area contributed by atoms with Gasteiger partial charge < -0.3 is 0 Å². The molecular weight excluding hydrogens is 359 g/mol. The molecule has 1 amide bonds. The number of halogens is 2. The molecule has 8 heteroatoms. The van der Waals surface area contributed by atoms with Gasteiger partial charge >= 0.3 is 0 Å². The third-order valence-electron chi connectivity index (χ3n) is 3.57. The molecule has 5 nitrogen and oxygen atoms in total. The average Bonchev–Trinajstić information content (AvgIpc) is 2.80. The molecule has 0 bridgehead atoms. The molecule has 1 aromatic carbocycles. The maximum absolute atomic E-state index is 12.5. The van der Waals surface area contributed by atoms with Gasteiger partial charge in [-0.2, -0.15) is 0 Å². The quantitative estimate of drug-likeness (QED) is 0.598. The van der Waals surface area contributed by atoms with E-state index >= 15 is 0 Å². The average molecular weight is 377 g/mol. The third kappa shape index (κ3) is 4.70. The molecule has 2 rings (SSSR count). The number of benzene rings is 1. The van der Waals surface area contributed by atoms with Gasteiger partial charge in [-0.25, -0.2) is 13.4 Å². The molecule has 1 saturated heterocycles. The Morgan fingerprint density at radius 1 is 1.26 bits per heavy atom. The fourth-order valence-corrected chi connectivity index (χ4v) is 4.53. The summed E-state index contributed by atoms with van der Waals surface area (Å²) >= 11 is 11.8. The van der Waals surface area contributed by atoms with Gasteiger partial charge in [0.1, 0.15) is 0 Å². The molecule has 1 fully saturated rings. The lowest BCUT2D eigenvalue weighted by Gasteiger charge is -2.32. The minimum Gasteiger partial charge on any atom is -0.268 e. The number of hydrazine groups is 1. The van der Waals surface area contributed by atoms with Crippen LogP contribution in [0.5, 0.6) is 0 Å². The molecule has 0 N–H and O–H groups in total. The molecule has 1 atom stereocenters. The van der Waals surface area contributed by atoms with E-state index in [1.807, 2.05) is 0 Å². The lowest BCUT2D eigenvalue weighted by Crippen LogP contribution is -2.48. The number of hydrogen-bond donors (Lipinski definition) is 0. The van der Waals surface area contributed by atoms with Crippen molar-refractivity contribution in [2.24, 2.45) is 0 Å². The van der Waals surface area contributed by atoms with Crippen molar-refractivity contribution in [2.75, 3.05) is 25.6 Å². The second-order valence-electron chi connectivity index (χ2n) is 5.59. The Labute approximate surface area is 146 Å². The van der Waals surface area contributed by atoms with Crippen LogP contribution in [0.15, 0.2) is 24.3 Å². The minimum atomic E-state index is -3.06. The highest BCUT2D eigenvalue weighted by molar-refractivity contribution is 7.91. The first kappa shape index (κ1) is 18.3. The number of rotatable bonds is 4. The summed E-state index contributed by atoms with van der Waals surface area (Å²) in [6, 6.07) is 4.73. The van der Waals surface area contributed by atoms with E-state index in [0.29, 0.717) is 16.5 Å². The van der Waals surface area contributed by atoms with Crippen molar-refractivity contribution in [3.05, 3.63) is 39.9 Å². The standard InChI is InChI=1S/C15H18Cl2N2O3S/c1-18(2)19(12-7-8-23(21,22)10-12)15(20)6-4-11-3-5-13(16)14(17)9-11/h3-6,9,12H,7-8,10H2,1-2H3. The monoisotopic (exact) mass is 376 g/mol. The predicted molar refractivity (Wildman–Crippen MR) is 93.1 cm³/mol. The molecule has 23 heavy (non-hydrogen) atoms. The van der Waals surface area contributed by atoms with E-state index in [9.17, 15) is 13.2 Å². The van der Waals surface area contributed by atoms with Crippen LogP contribution in [0, 0.1) is 0 Å². The summed E-state index contributed by atoms with van der Waals surface area (Å²) in [6.07, 6.45) is 3.49. The van der Waals surface area contributed by atoms with E-state index < -0.39 is 9.84 Å². The lowest BCUT2D eigenvalue weighted by atomic mass is 10.2. The van der Waals surface area contributed by atoms with E-state index in [1.54, 1.807) is 43.4 Å². The molecule has 1 aliphatic heterocycles.